The number of carbonyl (C=O) groups excluding carboxylic acids is 2. The van der Waals surface area contributed by atoms with Crippen molar-refractivity contribution < 1.29 is 23.5 Å². The van der Waals surface area contributed by atoms with Crippen LogP contribution in [0.2, 0.25) is 0 Å². The lowest BCUT2D eigenvalue weighted by molar-refractivity contribution is -0.145. The second-order valence-corrected chi connectivity index (χ2v) is 7.27. The van der Waals surface area contributed by atoms with Gasteiger partial charge >= 0.3 is 5.97 Å². The molecule has 0 amide bonds. The Hall–Kier alpha value is -2.95. The third-order valence-corrected chi connectivity index (χ3v) is 5.25. The number of Topliss-reactive ketones (excluding diaryl/α,β-unsaturated/α-hetero) is 1. The molecule has 2 aromatic carbocycles. The van der Waals surface area contributed by atoms with Crippen LogP contribution in [0, 0.1) is 25.6 Å². The lowest BCUT2D eigenvalue weighted by atomic mass is 9.89. The number of benzene rings is 2. The number of ketones is 1. The molecule has 1 atom stereocenters. The molecule has 5 heteroatoms. The molecular formula is C24H25FO4. The summed E-state index contributed by atoms with van der Waals surface area (Å²) in [7, 11) is 1.55. The Labute approximate surface area is 170 Å². The van der Waals surface area contributed by atoms with Crippen molar-refractivity contribution in [2.75, 3.05) is 13.7 Å². The van der Waals surface area contributed by atoms with Gasteiger partial charge in [0.05, 0.1) is 25.7 Å². The van der Waals surface area contributed by atoms with Crippen LogP contribution < -0.4 is 0 Å². The topological polar surface area (TPSA) is 52.6 Å². The molecule has 4 nitrogen and oxygen atoms in total. The van der Waals surface area contributed by atoms with Crippen molar-refractivity contribution in [2.45, 2.75) is 33.6 Å². The Balaban J connectivity index is 1.97. The average Bonchev–Trinajstić information content (AvgIpc) is 2.97. The SMILES string of the molecule is CCOC(=O)CC1CC(OC)=C(c2c(C)cc(-c3ccc(F)cc3)cc2C)C1=O. The van der Waals surface area contributed by atoms with Crippen molar-refractivity contribution in [3.63, 3.8) is 0 Å². The zero-order valence-corrected chi connectivity index (χ0v) is 17.2. The van der Waals surface area contributed by atoms with Crippen molar-refractivity contribution in [1.29, 1.82) is 0 Å². The van der Waals surface area contributed by atoms with E-state index >= 15 is 0 Å². The zero-order valence-electron chi connectivity index (χ0n) is 17.2. The second kappa shape index (κ2) is 8.60. The van der Waals surface area contributed by atoms with Gasteiger partial charge in [0.25, 0.3) is 0 Å². The smallest absolute Gasteiger partial charge is 0.306 e. The fraction of sp³-hybridized carbons (Fsp3) is 0.333. The first-order valence-corrected chi connectivity index (χ1v) is 9.70. The van der Waals surface area contributed by atoms with Gasteiger partial charge in [0.1, 0.15) is 11.6 Å². The molecule has 0 bridgehead atoms. The molecule has 0 saturated carbocycles. The number of ether oxygens (including phenoxy) is 2. The van der Waals surface area contributed by atoms with Gasteiger partial charge < -0.3 is 9.47 Å². The van der Waals surface area contributed by atoms with Crippen LogP contribution in [-0.4, -0.2) is 25.5 Å². The number of halogens is 1. The summed E-state index contributed by atoms with van der Waals surface area (Å²) in [5.41, 5.74) is 5.10. The molecule has 0 radical (unpaired) electrons. The predicted molar refractivity (Wildman–Crippen MR) is 110 cm³/mol. The van der Waals surface area contributed by atoms with E-state index in [9.17, 15) is 14.0 Å². The fourth-order valence-corrected chi connectivity index (χ4v) is 3.96. The van der Waals surface area contributed by atoms with Gasteiger partial charge in [-0.2, -0.15) is 0 Å². The zero-order chi connectivity index (χ0) is 21.1. The summed E-state index contributed by atoms with van der Waals surface area (Å²) in [5.74, 6) is -0.601. The van der Waals surface area contributed by atoms with E-state index in [4.69, 9.17) is 9.47 Å². The normalized spacial score (nSPS) is 16.3. The van der Waals surface area contributed by atoms with E-state index in [0.717, 1.165) is 27.8 Å². The predicted octanol–water partition coefficient (Wildman–Crippen LogP) is 5.01. The largest absolute Gasteiger partial charge is 0.500 e. The van der Waals surface area contributed by atoms with Crippen LogP contribution >= 0.6 is 0 Å². The minimum absolute atomic E-state index is 0.0504. The van der Waals surface area contributed by atoms with Gasteiger partial charge in [0.2, 0.25) is 0 Å². The van der Waals surface area contributed by atoms with Gasteiger partial charge in [-0.25, -0.2) is 4.39 Å². The molecule has 0 saturated heterocycles. The molecule has 29 heavy (non-hydrogen) atoms. The molecular weight excluding hydrogens is 371 g/mol. The highest BCUT2D eigenvalue weighted by Gasteiger charge is 2.37. The minimum atomic E-state index is -0.463. The third-order valence-electron chi connectivity index (χ3n) is 5.25. The standard InChI is InChI=1S/C24H25FO4/c1-5-29-21(26)13-18-12-20(28-4)23(24(18)27)22-14(2)10-17(11-15(22)3)16-6-8-19(25)9-7-16/h6-11,18H,5,12-13H2,1-4H3. The van der Waals surface area contributed by atoms with Crippen molar-refractivity contribution in [3.05, 3.63) is 64.7 Å². The highest BCUT2D eigenvalue weighted by atomic mass is 19.1. The Morgan fingerprint density at radius 1 is 1.10 bits per heavy atom. The summed E-state index contributed by atoms with van der Waals surface area (Å²) in [6, 6.07) is 10.3. The van der Waals surface area contributed by atoms with Gasteiger partial charge in [0, 0.05) is 12.3 Å². The van der Waals surface area contributed by atoms with Gasteiger partial charge in [0.15, 0.2) is 5.78 Å². The van der Waals surface area contributed by atoms with Crippen LogP contribution in [0.3, 0.4) is 0 Å². The summed E-state index contributed by atoms with van der Waals surface area (Å²) in [5, 5.41) is 0. The van der Waals surface area contributed by atoms with Crippen molar-refractivity contribution in [1.82, 2.24) is 0 Å². The van der Waals surface area contributed by atoms with Crippen LogP contribution in [0.4, 0.5) is 4.39 Å². The molecule has 0 fully saturated rings. The first kappa shape index (κ1) is 20.8. The maximum Gasteiger partial charge on any atom is 0.306 e. The van der Waals surface area contributed by atoms with E-state index in [1.54, 1.807) is 26.2 Å². The highest BCUT2D eigenvalue weighted by molar-refractivity contribution is 6.25. The van der Waals surface area contributed by atoms with Crippen LogP contribution in [0.25, 0.3) is 16.7 Å². The van der Waals surface area contributed by atoms with E-state index < -0.39 is 5.92 Å². The molecule has 0 aliphatic heterocycles. The van der Waals surface area contributed by atoms with E-state index in [1.807, 2.05) is 26.0 Å². The maximum atomic E-state index is 13.2. The monoisotopic (exact) mass is 396 g/mol. The van der Waals surface area contributed by atoms with Crippen molar-refractivity contribution in [3.8, 4) is 11.1 Å². The van der Waals surface area contributed by atoms with Crippen molar-refractivity contribution in [2.24, 2.45) is 5.92 Å². The van der Waals surface area contributed by atoms with Crippen LogP contribution in [0.1, 0.15) is 36.5 Å². The summed E-state index contributed by atoms with van der Waals surface area (Å²) in [6.07, 6.45) is 0.441. The molecule has 0 aromatic heterocycles. The van der Waals surface area contributed by atoms with Crippen molar-refractivity contribution >= 4 is 17.3 Å². The van der Waals surface area contributed by atoms with E-state index in [0.29, 0.717) is 24.4 Å². The molecule has 1 aliphatic carbocycles. The Morgan fingerprint density at radius 3 is 2.28 bits per heavy atom. The van der Waals surface area contributed by atoms with E-state index in [1.165, 1.54) is 12.1 Å². The van der Waals surface area contributed by atoms with Crippen LogP contribution in [0.15, 0.2) is 42.2 Å². The third kappa shape index (κ3) is 4.24. The van der Waals surface area contributed by atoms with Crippen LogP contribution in [0.5, 0.6) is 0 Å². The molecule has 1 unspecified atom stereocenters. The number of esters is 1. The van der Waals surface area contributed by atoms with Gasteiger partial charge in [-0.15, -0.1) is 0 Å². The Morgan fingerprint density at radius 2 is 1.72 bits per heavy atom. The molecule has 0 heterocycles. The van der Waals surface area contributed by atoms with Gasteiger partial charge in [-0.3, -0.25) is 9.59 Å². The molecule has 0 spiro atoms. The number of allylic oxidation sites excluding steroid dienone is 2. The average molecular weight is 396 g/mol. The quantitative estimate of drug-likeness (QED) is 0.644. The highest BCUT2D eigenvalue weighted by Crippen LogP contribution is 2.40. The first-order valence-electron chi connectivity index (χ1n) is 9.70. The lowest BCUT2D eigenvalue weighted by Crippen LogP contribution is -2.17. The number of hydrogen-bond donors (Lipinski definition) is 0. The second-order valence-electron chi connectivity index (χ2n) is 7.27. The summed E-state index contributed by atoms with van der Waals surface area (Å²) >= 11 is 0. The molecule has 2 aromatic rings. The van der Waals surface area contributed by atoms with Gasteiger partial charge in [-0.05, 0) is 60.7 Å². The fourth-order valence-electron chi connectivity index (χ4n) is 3.96. The number of methoxy groups -OCH3 is 1. The summed E-state index contributed by atoms with van der Waals surface area (Å²) < 4.78 is 23.8. The molecule has 3 rings (SSSR count). The van der Waals surface area contributed by atoms with E-state index in [2.05, 4.69) is 0 Å². The number of hydrogen-bond acceptors (Lipinski definition) is 4. The lowest BCUT2D eigenvalue weighted by Gasteiger charge is -2.15. The number of rotatable bonds is 6. The minimum Gasteiger partial charge on any atom is -0.500 e. The van der Waals surface area contributed by atoms with E-state index in [-0.39, 0.29) is 24.0 Å². The maximum absolute atomic E-state index is 13.2. The first-order chi connectivity index (χ1) is 13.8. The molecule has 0 N–H and O–H groups in total. The van der Waals surface area contributed by atoms with Crippen LogP contribution in [-0.2, 0) is 19.1 Å². The number of aryl methyl sites for hydroxylation is 2. The molecule has 1 aliphatic rings. The summed E-state index contributed by atoms with van der Waals surface area (Å²) in [6.45, 7) is 5.93. The Bertz CT molecular complexity index is 950. The molecule has 152 valence electrons. The summed E-state index contributed by atoms with van der Waals surface area (Å²) in [4.78, 5) is 25.0. The number of carbonyl (C=O) groups is 2. The Kier molecular flexibility index (Phi) is 6.16. The van der Waals surface area contributed by atoms with Gasteiger partial charge in [-0.1, -0.05) is 24.3 Å².